The molecule has 0 amide bonds. The zero-order valence-corrected chi connectivity index (χ0v) is 12.8. The van der Waals surface area contributed by atoms with Gasteiger partial charge in [0.25, 0.3) is 0 Å². The predicted molar refractivity (Wildman–Crippen MR) is 86.4 cm³/mol. The molecular formula is C16H26N4. The fourth-order valence-electron chi connectivity index (χ4n) is 2.44. The van der Waals surface area contributed by atoms with Crippen LogP contribution in [0.5, 0.6) is 0 Å². The van der Waals surface area contributed by atoms with Gasteiger partial charge in [0.15, 0.2) is 5.96 Å². The van der Waals surface area contributed by atoms with Crippen LogP contribution in [0.2, 0.25) is 0 Å². The van der Waals surface area contributed by atoms with E-state index in [0.717, 1.165) is 32.0 Å². The molecule has 0 aliphatic carbocycles. The summed E-state index contributed by atoms with van der Waals surface area (Å²) in [5.74, 6) is 1.54. The SMILES string of the molecule is CN=C(NCC(C)C)NC1CCN(c2ccccc2)C1. The number of para-hydroxylation sites is 1. The Hall–Kier alpha value is -1.71. The van der Waals surface area contributed by atoms with Crippen LogP contribution in [-0.2, 0) is 0 Å². The Bertz CT molecular complexity index is 427. The smallest absolute Gasteiger partial charge is 0.191 e. The molecule has 0 radical (unpaired) electrons. The Kier molecular flexibility index (Phi) is 5.27. The zero-order valence-electron chi connectivity index (χ0n) is 12.8. The third-order valence-electron chi connectivity index (χ3n) is 3.55. The summed E-state index contributed by atoms with van der Waals surface area (Å²) >= 11 is 0. The lowest BCUT2D eigenvalue weighted by atomic mass is 10.2. The van der Waals surface area contributed by atoms with Crippen molar-refractivity contribution in [1.29, 1.82) is 0 Å². The monoisotopic (exact) mass is 274 g/mol. The number of nitrogens with one attached hydrogen (secondary N) is 2. The lowest BCUT2D eigenvalue weighted by molar-refractivity contribution is 0.595. The van der Waals surface area contributed by atoms with Gasteiger partial charge >= 0.3 is 0 Å². The molecule has 0 aromatic heterocycles. The Balaban J connectivity index is 1.83. The number of nitrogens with zero attached hydrogens (tertiary/aromatic N) is 2. The highest BCUT2D eigenvalue weighted by Crippen LogP contribution is 2.19. The van der Waals surface area contributed by atoms with Crippen molar-refractivity contribution in [3.05, 3.63) is 30.3 Å². The first-order valence-electron chi connectivity index (χ1n) is 7.46. The largest absolute Gasteiger partial charge is 0.369 e. The van der Waals surface area contributed by atoms with Crippen LogP contribution in [-0.4, -0.2) is 38.7 Å². The van der Waals surface area contributed by atoms with Crippen molar-refractivity contribution >= 4 is 11.6 Å². The van der Waals surface area contributed by atoms with Crippen molar-refractivity contribution in [2.75, 3.05) is 31.6 Å². The van der Waals surface area contributed by atoms with E-state index in [2.05, 4.69) is 64.7 Å². The van der Waals surface area contributed by atoms with E-state index in [4.69, 9.17) is 0 Å². The third kappa shape index (κ3) is 4.15. The van der Waals surface area contributed by atoms with Gasteiger partial charge in [0.2, 0.25) is 0 Å². The van der Waals surface area contributed by atoms with Crippen LogP contribution in [0.25, 0.3) is 0 Å². The van der Waals surface area contributed by atoms with Crippen LogP contribution < -0.4 is 15.5 Å². The van der Waals surface area contributed by atoms with E-state index in [1.165, 1.54) is 5.69 Å². The maximum absolute atomic E-state index is 4.30. The minimum atomic E-state index is 0.466. The molecule has 1 fully saturated rings. The van der Waals surface area contributed by atoms with Crippen LogP contribution in [0.3, 0.4) is 0 Å². The summed E-state index contributed by atoms with van der Waals surface area (Å²) in [5.41, 5.74) is 1.31. The lowest BCUT2D eigenvalue weighted by Gasteiger charge is -2.20. The average molecular weight is 274 g/mol. The fraction of sp³-hybridized carbons (Fsp3) is 0.562. The van der Waals surface area contributed by atoms with Gasteiger partial charge in [-0.2, -0.15) is 0 Å². The molecule has 0 spiro atoms. The van der Waals surface area contributed by atoms with Crippen molar-refractivity contribution in [3.63, 3.8) is 0 Å². The van der Waals surface area contributed by atoms with Crippen molar-refractivity contribution in [2.45, 2.75) is 26.3 Å². The van der Waals surface area contributed by atoms with Crippen LogP contribution >= 0.6 is 0 Å². The first-order chi connectivity index (χ1) is 9.69. The maximum atomic E-state index is 4.30. The summed E-state index contributed by atoms with van der Waals surface area (Å²) in [6.07, 6.45) is 1.15. The molecule has 0 saturated carbocycles. The first-order valence-corrected chi connectivity index (χ1v) is 7.46. The summed E-state index contributed by atoms with van der Waals surface area (Å²) in [4.78, 5) is 6.72. The molecule has 1 aromatic carbocycles. The minimum absolute atomic E-state index is 0.466. The Morgan fingerprint density at radius 2 is 2.10 bits per heavy atom. The molecule has 1 saturated heterocycles. The zero-order chi connectivity index (χ0) is 14.4. The van der Waals surface area contributed by atoms with Gasteiger partial charge in [0.1, 0.15) is 0 Å². The number of hydrogen-bond acceptors (Lipinski definition) is 2. The van der Waals surface area contributed by atoms with Gasteiger partial charge < -0.3 is 15.5 Å². The molecule has 20 heavy (non-hydrogen) atoms. The molecule has 4 heteroatoms. The normalized spacial score (nSPS) is 19.5. The van der Waals surface area contributed by atoms with E-state index in [-0.39, 0.29) is 0 Å². The van der Waals surface area contributed by atoms with Crippen molar-refractivity contribution in [2.24, 2.45) is 10.9 Å². The molecule has 1 heterocycles. The highest BCUT2D eigenvalue weighted by Gasteiger charge is 2.23. The predicted octanol–water partition coefficient (Wildman–Crippen LogP) is 2.09. The summed E-state index contributed by atoms with van der Waals surface area (Å²) in [5, 5.41) is 6.89. The van der Waals surface area contributed by atoms with Gasteiger partial charge in [0, 0.05) is 38.4 Å². The van der Waals surface area contributed by atoms with E-state index in [1.54, 1.807) is 0 Å². The topological polar surface area (TPSA) is 39.7 Å². The molecule has 4 nitrogen and oxygen atoms in total. The minimum Gasteiger partial charge on any atom is -0.369 e. The summed E-state index contributed by atoms with van der Waals surface area (Å²) in [6.45, 7) is 7.49. The van der Waals surface area contributed by atoms with E-state index in [9.17, 15) is 0 Å². The fourth-order valence-corrected chi connectivity index (χ4v) is 2.44. The average Bonchev–Trinajstić information content (AvgIpc) is 2.92. The molecule has 1 aliphatic heterocycles. The number of guanidine groups is 1. The van der Waals surface area contributed by atoms with Crippen molar-refractivity contribution < 1.29 is 0 Å². The van der Waals surface area contributed by atoms with Gasteiger partial charge in [-0.25, -0.2) is 0 Å². The van der Waals surface area contributed by atoms with E-state index < -0.39 is 0 Å². The van der Waals surface area contributed by atoms with Gasteiger partial charge in [-0.3, -0.25) is 4.99 Å². The standard InChI is InChI=1S/C16H26N4/c1-13(2)11-18-16(17-3)19-14-9-10-20(12-14)15-7-5-4-6-8-15/h4-8,13-14H,9-12H2,1-3H3,(H2,17,18,19). The number of anilines is 1. The molecule has 0 bridgehead atoms. The van der Waals surface area contributed by atoms with Gasteiger partial charge in [-0.15, -0.1) is 0 Å². The molecule has 110 valence electrons. The quantitative estimate of drug-likeness (QED) is 0.652. The summed E-state index contributed by atoms with van der Waals surface area (Å²) in [6, 6.07) is 11.1. The second kappa shape index (κ2) is 7.17. The van der Waals surface area contributed by atoms with E-state index in [1.807, 2.05) is 7.05 Å². The summed E-state index contributed by atoms with van der Waals surface area (Å²) in [7, 11) is 1.83. The van der Waals surface area contributed by atoms with Crippen molar-refractivity contribution in [1.82, 2.24) is 10.6 Å². The molecule has 2 N–H and O–H groups in total. The van der Waals surface area contributed by atoms with Crippen LogP contribution in [0.4, 0.5) is 5.69 Å². The first kappa shape index (κ1) is 14.7. The van der Waals surface area contributed by atoms with E-state index in [0.29, 0.717) is 12.0 Å². The van der Waals surface area contributed by atoms with Crippen LogP contribution in [0.1, 0.15) is 20.3 Å². The molecule has 1 aliphatic rings. The van der Waals surface area contributed by atoms with Crippen LogP contribution in [0.15, 0.2) is 35.3 Å². The Morgan fingerprint density at radius 1 is 1.35 bits per heavy atom. The molecule has 1 atom stereocenters. The third-order valence-corrected chi connectivity index (χ3v) is 3.55. The second-order valence-corrected chi connectivity index (χ2v) is 5.76. The number of benzene rings is 1. The Morgan fingerprint density at radius 3 is 2.75 bits per heavy atom. The van der Waals surface area contributed by atoms with Crippen LogP contribution in [0, 0.1) is 5.92 Å². The molecule has 1 aromatic rings. The lowest BCUT2D eigenvalue weighted by Crippen LogP contribution is -2.45. The van der Waals surface area contributed by atoms with Gasteiger partial charge in [-0.1, -0.05) is 32.0 Å². The molecule has 2 rings (SSSR count). The van der Waals surface area contributed by atoms with Crippen molar-refractivity contribution in [3.8, 4) is 0 Å². The van der Waals surface area contributed by atoms with Gasteiger partial charge in [-0.05, 0) is 24.5 Å². The Labute approximate surface area is 122 Å². The van der Waals surface area contributed by atoms with Gasteiger partial charge in [0.05, 0.1) is 0 Å². The highest BCUT2D eigenvalue weighted by molar-refractivity contribution is 5.80. The highest BCUT2D eigenvalue weighted by atomic mass is 15.2. The maximum Gasteiger partial charge on any atom is 0.191 e. The van der Waals surface area contributed by atoms with E-state index >= 15 is 0 Å². The second-order valence-electron chi connectivity index (χ2n) is 5.76. The summed E-state index contributed by atoms with van der Waals surface area (Å²) < 4.78 is 0. The number of aliphatic imine (C=N–C) groups is 1. The molecule has 1 unspecified atom stereocenters. The number of hydrogen-bond donors (Lipinski definition) is 2. The molecular weight excluding hydrogens is 248 g/mol. The number of rotatable bonds is 4.